The monoisotopic (exact) mass is 126 g/mol. The van der Waals surface area contributed by atoms with Crippen LogP contribution in [0.15, 0.2) is 12.7 Å². The maximum atomic E-state index is 8.85. The smallest absolute Gasteiger partial charge is 0.0487 e. The maximum absolute atomic E-state index is 8.85. The molecule has 1 aliphatic carbocycles. The van der Waals surface area contributed by atoms with Crippen LogP contribution >= 0.6 is 0 Å². The van der Waals surface area contributed by atoms with Gasteiger partial charge in [-0.25, -0.2) is 0 Å². The molecule has 9 heavy (non-hydrogen) atoms. The number of rotatable bonds is 4. The summed E-state index contributed by atoms with van der Waals surface area (Å²) >= 11 is 0. The number of hydrogen-bond acceptors (Lipinski definition) is 1. The molecule has 0 aliphatic heterocycles. The summed E-state index contributed by atoms with van der Waals surface area (Å²) in [6.45, 7) is 4.02. The molecule has 1 N–H and O–H groups in total. The highest BCUT2D eigenvalue weighted by Crippen LogP contribution is 2.48. The molecule has 1 aliphatic rings. The van der Waals surface area contributed by atoms with E-state index < -0.39 is 0 Å². The lowest BCUT2D eigenvalue weighted by molar-refractivity contribution is 0.204. The Kier molecular flexibility index (Phi) is 1.91. The van der Waals surface area contributed by atoms with E-state index in [0.29, 0.717) is 12.0 Å². The first-order chi connectivity index (χ1) is 4.33. The zero-order chi connectivity index (χ0) is 6.74. The Morgan fingerprint density at radius 1 is 1.56 bits per heavy atom. The molecule has 0 bridgehead atoms. The van der Waals surface area contributed by atoms with Gasteiger partial charge in [-0.3, -0.25) is 0 Å². The summed E-state index contributed by atoms with van der Waals surface area (Å²) < 4.78 is 0. The lowest BCUT2D eigenvalue weighted by atomic mass is 10.0. The van der Waals surface area contributed by atoms with E-state index >= 15 is 0 Å². The number of hydrogen-bond donors (Lipinski definition) is 1. The molecule has 0 amide bonds. The molecular formula is C8H14O. The number of aliphatic hydroxyl groups excluding tert-OH is 1. The van der Waals surface area contributed by atoms with Crippen molar-refractivity contribution in [2.24, 2.45) is 5.41 Å². The molecule has 0 atom stereocenters. The van der Waals surface area contributed by atoms with E-state index in [1.54, 1.807) is 0 Å². The van der Waals surface area contributed by atoms with Crippen molar-refractivity contribution >= 4 is 0 Å². The third-order valence-corrected chi connectivity index (χ3v) is 2.17. The van der Waals surface area contributed by atoms with Crippen LogP contribution in [0, 0.1) is 5.41 Å². The topological polar surface area (TPSA) is 20.2 Å². The Labute approximate surface area is 56.4 Å². The lowest BCUT2D eigenvalue weighted by Crippen LogP contribution is -2.04. The maximum Gasteiger partial charge on any atom is 0.0487 e. The summed E-state index contributed by atoms with van der Waals surface area (Å²) in [5.41, 5.74) is 0.328. The van der Waals surface area contributed by atoms with Crippen LogP contribution in [0.5, 0.6) is 0 Å². The van der Waals surface area contributed by atoms with Crippen LogP contribution in [-0.4, -0.2) is 11.7 Å². The molecule has 0 heterocycles. The average molecular weight is 126 g/mol. The Morgan fingerprint density at radius 2 is 2.22 bits per heavy atom. The van der Waals surface area contributed by atoms with Gasteiger partial charge in [0.25, 0.3) is 0 Å². The van der Waals surface area contributed by atoms with Gasteiger partial charge in [0.2, 0.25) is 0 Å². The Balaban J connectivity index is 2.17. The molecule has 0 saturated heterocycles. The van der Waals surface area contributed by atoms with E-state index in [-0.39, 0.29) is 0 Å². The van der Waals surface area contributed by atoms with Crippen molar-refractivity contribution in [1.82, 2.24) is 0 Å². The van der Waals surface area contributed by atoms with Crippen LogP contribution in [0.25, 0.3) is 0 Å². The van der Waals surface area contributed by atoms with Crippen LogP contribution in [0.3, 0.4) is 0 Å². The van der Waals surface area contributed by atoms with Crippen molar-refractivity contribution in [3.8, 4) is 0 Å². The standard InChI is InChI=1S/C8H14O/c1-2-3-4-8(7-9)5-6-8/h2,9H,1,3-7H2. The van der Waals surface area contributed by atoms with E-state index in [1.165, 1.54) is 12.8 Å². The molecule has 0 radical (unpaired) electrons. The highest BCUT2D eigenvalue weighted by Gasteiger charge is 2.40. The second kappa shape index (κ2) is 2.53. The first kappa shape index (κ1) is 6.81. The van der Waals surface area contributed by atoms with Gasteiger partial charge in [0, 0.05) is 6.61 Å². The third kappa shape index (κ3) is 1.55. The second-order valence-electron chi connectivity index (χ2n) is 2.99. The van der Waals surface area contributed by atoms with Crippen molar-refractivity contribution in [3.05, 3.63) is 12.7 Å². The Morgan fingerprint density at radius 3 is 2.56 bits per heavy atom. The van der Waals surface area contributed by atoms with Crippen LogP contribution in [0.2, 0.25) is 0 Å². The number of aliphatic hydroxyl groups is 1. The molecule has 0 aromatic rings. The molecule has 1 nitrogen and oxygen atoms in total. The van der Waals surface area contributed by atoms with Gasteiger partial charge in [0.15, 0.2) is 0 Å². The minimum absolute atomic E-state index is 0.328. The molecule has 0 spiro atoms. The van der Waals surface area contributed by atoms with Crippen LogP contribution < -0.4 is 0 Å². The Hall–Kier alpha value is -0.300. The molecule has 1 fully saturated rings. The van der Waals surface area contributed by atoms with Crippen molar-refractivity contribution < 1.29 is 5.11 Å². The van der Waals surface area contributed by atoms with Crippen LogP contribution in [0.1, 0.15) is 25.7 Å². The van der Waals surface area contributed by atoms with Crippen LogP contribution in [0.4, 0.5) is 0 Å². The fourth-order valence-corrected chi connectivity index (χ4v) is 1.07. The normalized spacial score (nSPS) is 21.4. The van der Waals surface area contributed by atoms with E-state index in [0.717, 1.165) is 12.8 Å². The van der Waals surface area contributed by atoms with E-state index in [2.05, 4.69) is 6.58 Å². The predicted molar refractivity (Wildman–Crippen MR) is 38.2 cm³/mol. The van der Waals surface area contributed by atoms with Gasteiger partial charge in [0.1, 0.15) is 0 Å². The summed E-state index contributed by atoms with van der Waals surface area (Å²) in [7, 11) is 0. The highest BCUT2D eigenvalue weighted by atomic mass is 16.3. The molecule has 1 saturated carbocycles. The minimum Gasteiger partial charge on any atom is -0.396 e. The Bertz CT molecular complexity index is 103. The molecular weight excluding hydrogens is 112 g/mol. The van der Waals surface area contributed by atoms with Crippen LogP contribution in [-0.2, 0) is 0 Å². The summed E-state index contributed by atoms with van der Waals surface area (Å²) in [6, 6.07) is 0. The minimum atomic E-state index is 0.328. The van der Waals surface area contributed by atoms with Gasteiger partial charge in [-0.2, -0.15) is 0 Å². The van der Waals surface area contributed by atoms with Gasteiger partial charge >= 0.3 is 0 Å². The van der Waals surface area contributed by atoms with E-state index in [4.69, 9.17) is 5.11 Å². The second-order valence-corrected chi connectivity index (χ2v) is 2.99. The van der Waals surface area contributed by atoms with Gasteiger partial charge in [-0.05, 0) is 31.1 Å². The first-order valence-corrected chi connectivity index (χ1v) is 3.55. The lowest BCUT2D eigenvalue weighted by Gasteiger charge is -2.07. The summed E-state index contributed by atoms with van der Waals surface area (Å²) in [5, 5.41) is 8.85. The summed E-state index contributed by atoms with van der Waals surface area (Å²) in [5.74, 6) is 0. The predicted octanol–water partition coefficient (Wildman–Crippen LogP) is 1.73. The zero-order valence-electron chi connectivity index (χ0n) is 5.77. The van der Waals surface area contributed by atoms with Gasteiger partial charge in [0.05, 0.1) is 0 Å². The summed E-state index contributed by atoms with van der Waals surface area (Å²) in [6.07, 6.45) is 6.55. The van der Waals surface area contributed by atoms with Crippen molar-refractivity contribution in [1.29, 1.82) is 0 Å². The molecule has 1 rings (SSSR count). The van der Waals surface area contributed by atoms with Gasteiger partial charge < -0.3 is 5.11 Å². The quantitative estimate of drug-likeness (QED) is 0.569. The molecule has 0 unspecified atom stereocenters. The van der Waals surface area contributed by atoms with Crippen molar-refractivity contribution in [2.45, 2.75) is 25.7 Å². The summed E-state index contributed by atoms with van der Waals surface area (Å²) in [4.78, 5) is 0. The third-order valence-electron chi connectivity index (χ3n) is 2.17. The van der Waals surface area contributed by atoms with Crippen molar-refractivity contribution in [3.63, 3.8) is 0 Å². The molecule has 0 aromatic carbocycles. The molecule has 0 aromatic heterocycles. The molecule has 1 heteroatoms. The van der Waals surface area contributed by atoms with Crippen molar-refractivity contribution in [2.75, 3.05) is 6.61 Å². The fourth-order valence-electron chi connectivity index (χ4n) is 1.07. The SMILES string of the molecule is C=CCCC1(CO)CC1. The zero-order valence-corrected chi connectivity index (χ0v) is 5.77. The first-order valence-electron chi connectivity index (χ1n) is 3.55. The highest BCUT2D eigenvalue weighted by molar-refractivity contribution is 4.93. The van der Waals surface area contributed by atoms with E-state index in [1.807, 2.05) is 6.08 Å². The van der Waals surface area contributed by atoms with Gasteiger partial charge in [-0.15, -0.1) is 6.58 Å². The number of allylic oxidation sites excluding steroid dienone is 1. The molecule has 52 valence electrons. The van der Waals surface area contributed by atoms with Gasteiger partial charge in [-0.1, -0.05) is 6.08 Å². The fraction of sp³-hybridized carbons (Fsp3) is 0.750. The average Bonchev–Trinajstić information content (AvgIpc) is 2.65. The van der Waals surface area contributed by atoms with E-state index in [9.17, 15) is 0 Å². The largest absolute Gasteiger partial charge is 0.396 e.